The van der Waals surface area contributed by atoms with Crippen molar-refractivity contribution in [3.8, 4) is 0 Å². The summed E-state index contributed by atoms with van der Waals surface area (Å²) in [6.07, 6.45) is 3.11. The lowest BCUT2D eigenvalue weighted by molar-refractivity contribution is -0.186. The highest BCUT2D eigenvalue weighted by Gasteiger charge is 2.42. The van der Waals surface area contributed by atoms with E-state index in [4.69, 9.17) is 0 Å². The molecule has 2 fully saturated rings. The van der Waals surface area contributed by atoms with E-state index in [0.29, 0.717) is 18.8 Å². The molecule has 132 valence electrons. The van der Waals surface area contributed by atoms with E-state index < -0.39 is 18.2 Å². The molecule has 0 aliphatic heterocycles. The average molecular weight is 358 g/mol. The van der Waals surface area contributed by atoms with E-state index in [2.05, 4.69) is 4.98 Å². The molecule has 0 saturated heterocycles. The van der Waals surface area contributed by atoms with Crippen LogP contribution in [0.2, 0.25) is 0 Å². The van der Waals surface area contributed by atoms with Gasteiger partial charge in [0.15, 0.2) is 0 Å². The van der Waals surface area contributed by atoms with Crippen molar-refractivity contribution < 1.29 is 18.3 Å². The largest absolute Gasteiger partial charge is 0.391 e. The predicted molar refractivity (Wildman–Crippen MR) is 86.1 cm³/mol. The average Bonchev–Trinajstić information content (AvgIpc) is 3.15. The lowest BCUT2D eigenvalue weighted by atomic mass is 9.78. The van der Waals surface area contributed by atoms with Gasteiger partial charge in [-0.1, -0.05) is 12.8 Å². The van der Waals surface area contributed by atoms with E-state index in [9.17, 15) is 18.3 Å². The van der Waals surface area contributed by atoms with Gasteiger partial charge in [-0.2, -0.15) is 13.2 Å². The zero-order chi connectivity index (χ0) is 16.9. The standard InChI is InChI=1S/C17H21F3N2OS/c18-17(19,20)12-3-1-2-10(6-12)7-13(23)15-16(11-4-5-11)24-14-8-21-9-22(14)15/h8-13,23H,1-7H2. The molecule has 3 nitrogen and oxygen atoms in total. The van der Waals surface area contributed by atoms with E-state index in [0.717, 1.165) is 29.8 Å². The van der Waals surface area contributed by atoms with Crippen LogP contribution in [0.25, 0.3) is 4.83 Å². The maximum Gasteiger partial charge on any atom is 0.391 e. The Morgan fingerprint density at radius 3 is 2.79 bits per heavy atom. The summed E-state index contributed by atoms with van der Waals surface area (Å²) < 4.78 is 40.9. The highest BCUT2D eigenvalue weighted by atomic mass is 32.1. The van der Waals surface area contributed by atoms with Crippen molar-refractivity contribution >= 4 is 16.2 Å². The first kappa shape index (κ1) is 16.4. The van der Waals surface area contributed by atoms with Crippen molar-refractivity contribution in [2.75, 3.05) is 0 Å². The number of thiazole rings is 1. The lowest BCUT2D eigenvalue weighted by Crippen LogP contribution is -2.29. The van der Waals surface area contributed by atoms with E-state index in [1.807, 2.05) is 4.40 Å². The number of hydrogen-bond donors (Lipinski definition) is 1. The number of fused-ring (bicyclic) bond motifs is 1. The van der Waals surface area contributed by atoms with Crippen molar-refractivity contribution in [2.45, 2.75) is 63.1 Å². The molecule has 2 aromatic rings. The van der Waals surface area contributed by atoms with Gasteiger partial charge < -0.3 is 5.11 Å². The molecule has 24 heavy (non-hydrogen) atoms. The van der Waals surface area contributed by atoms with E-state index in [-0.39, 0.29) is 18.8 Å². The molecule has 3 unspecified atom stereocenters. The van der Waals surface area contributed by atoms with E-state index >= 15 is 0 Å². The Kier molecular flexibility index (Phi) is 4.11. The maximum absolute atomic E-state index is 13.0. The Bertz CT molecular complexity index is 719. The number of nitrogens with zero attached hydrogens (tertiary/aromatic N) is 2. The van der Waals surface area contributed by atoms with Gasteiger partial charge in [0.1, 0.15) is 11.2 Å². The van der Waals surface area contributed by atoms with Crippen LogP contribution in [0, 0.1) is 11.8 Å². The minimum Gasteiger partial charge on any atom is -0.387 e. The Balaban J connectivity index is 1.53. The molecule has 2 aliphatic carbocycles. The van der Waals surface area contributed by atoms with Gasteiger partial charge in [-0.15, -0.1) is 11.3 Å². The van der Waals surface area contributed by atoms with Crippen LogP contribution in [0.5, 0.6) is 0 Å². The summed E-state index contributed by atoms with van der Waals surface area (Å²) in [4.78, 5) is 6.33. The van der Waals surface area contributed by atoms with Crippen LogP contribution in [0.1, 0.15) is 67.5 Å². The summed E-state index contributed by atoms with van der Waals surface area (Å²) in [5.74, 6) is -0.762. The zero-order valence-electron chi connectivity index (χ0n) is 13.3. The number of aliphatic hydroxyl groups excluding tert-OH is 1. The van der Waals surface area contributed by atoms with Crippen molar-refractivity contribution in [3.63, 3.8) is 0 Å². The van der Waals surface area contributed by atoms with Crippen molar-refractivity contribution in [2.24, 2.45) is 11.8 Å². The maximum atomic E-state index is 13.0. The summed E-state index contributed by atoms with van der Waals surface area (Å²) in [7, 11) is 0. The topological polar surface area (TPSA) is 37.5 Å². The molecule has 2 saturated carbocycles. The molecule has 0 aromatic carbocycles. The van der Waals surface area contributed by atoms with Gasteiger partial charge in [0.25, 0.3) is 0 Å². The molecule has 2 aliphatic rings. The fourth-order valence-electron chi connectivity index (χ4n) is 4.02. The number of alkyl halides is 3. The normalized spacial score (nSPS) is 26.8. The Morgan fingerprint density at radius 2 is 2.08 bits per heavy atom. The van der Waals surface area contributed by atoms with Gasteiger partial charge in [-0.3, -0.25) is 4.40 Å². The summed E-state index contributed by atoms with van der Waals surface area (Å²) in [5.41, 5.74) is 0.865. The molecular weight excluding hydrogens is 337 g/mol. The minimum atomic E-state index is -4.11. The number of halogens is 3. The Hall–Kier alpha value is -1.08. The highest BCUT2D eigenvalue weighted by Crippen LogP contribution is 2.48. The van der Waals surface area contributed by atoms with Gasteiger partial charge >= 0.3 is 6.18 Å². The molecule has 4 rings (SSSR count). The molecule has 2 heterocycles. The molecule has 1 N–H and O–H groups in total. The number of aliphatic hydroxyl groups is 1. The quantitative estimate of drug-likeness (QED) is 0.829. The van der Waals surface area contributed by atoms with Crippen LogP contribution < -0.4 is 0 Å². The van der Waals surface area contributed by atoms with Gasteiger partial charge in [0, 0.05) is 4.88 Å². The van der Waals surface area contributed by atoms with Crippen LogP contribution >= 0.6 is 11.3 Å². The third kappa shape index (κ3) is 3.08. The van der Waals surface area contributed by atoms with Crippen LogP contribution in [-0.4, -0.2) is 20.7 Å². The van der Waals surface area contributed by atoms with Gasteiger partial charge in [-0.25, -0.2) is 4.98 Å². The van der Waals surface area contributed by atoms with Crippen molar-refractivity contribution in [1.82, 2.24) is 9.38 Å². The Morgan fingerprint density at radius 1 is 1.29 bits per heavy atom. The van der Waals surface area contributed by atoms with Crippen LogP contribution in [-0.2, 0) is 0 Å². The summed E-state index contributed by atoms with van der Waals surface area (Å²) >= 11 is 1.66. The second-order valence-electron chi connectivity index (χ2n) is 7.25. The van der Waals surface area contributed by atoms with Crippen molar-refractivity contribution in [1.29, 1.82) is 0 Å². The molecule has 3 atom stereocenters. The molecule has 0 spiro atoms. The van der Waals surface area contributed by atoms with E-state index in [1.54, 1.807) is 23.9 Å². The lowest BCUT2D eigenvalue weighted by Gasteiger charge is -2.31. The summed E-state index contributed by atoms with van der Waals surface area (Å²) in [5, 5.41) is 10.8. The number of rotatable bonds is 4. The fourth-order valence-corrected chi connectivity index (χ4v) is 5.34. The SMILES string of the molecule is OC(CC1CCCC(C(F)(F)F)C1)c1c(C2CC2)sc2cncn12. The second-order valence-corrected chi connectivity index (χ2v) is 8.31. The first-order valence-corrected chi connectivity index (χ1v) is 9.44. The van der Waals surface area contributed by atoms with Crippen LogP contribution in [0.4, 0.5) is 13.2 Å². The first-order valence-electron chi connectivity index (χ1n) is 8.63. The molecule has 7 heteroatoms. The highest BCUT2D eigenvalue weighted by molar-refractivity contribution is 7.17. The molecule has 0 bridgehead atoms. The summed E-state index contributed by atoms with van der Waals surface area (Å²) in [6.45, 7) is 0. The summed E-state index contributed by atoms with van der Waals surface area (Å²) in [6, 6.07) is 0. The minimum absolute atomic E-state index is 0.0640. The predicted octanol–water partition coefficient (Wildman–Crippen LogP) is 5.07. The molecular formula is C17H21F3N2OS. The van der Waals surface area contributed by atoms with E-state index in [1.165, 1.54) is 4.88 Å². The smallest absolute Gasteiger partial charge is 0.387 e. The number of imidazole rings is 1. The fraction of sp³-hybridized carbons (Fsp3) is 0.706. The third-order valence-corrected chi connectivity index (χ3v) is 6.67. The monoisotopic (exact) mass is 358 g/mol. The van der Waals surface area contributed by atoms with Gasteiger partial charge in [-0.05, 0) is 43.9 Å². The second kappa shape index (κ2) is 6.02. The number of hydrogen-bond acceptors (Lipinski definition) is 3. The van der Waals surface area contributed by atoms with Gasteiger partial charge in [0.05, 0.1) is 23.9 Å². The number of aromatic nitrogens is 2. The molecule has 0 amide bonds. The molecule has 0 radical (unpaired) electrons. The third-order valence-electron chi connectivity index (χ3n) is 5.40. The Labute approximate surface area is 142 Å². The van der Waals surface area contributed by atoms with Gasteiger partial charge in [0.2, 0.25) is 0 Å². The van der Waals surface area contributed by atoms with Crippen molar-refractivity contribution in [3.05, 3.63) is 23.1 Å². The van der Waals surface area contributed by atoms with Crippen LogP contribution in [0.15, 0.2) is 12.5 Å². The zero-order valence-corrected chi connectivity index (χ0v) is 14.1. The van der Waals surface area contributed by atoms with Crippen LogP contribution in [0.3, 0.4) is 0 Å². The first-order chi connectivity index (χ1) is 11.4. The molecule has 2 aromatic heterocycles.